The molecule has 6 nitrogen and oxygen atoms in total. The zero-order chi connectivity index (χ0) is 12.8. The van der Waals surface area contributed by atoms with E-state index in [4.69, 9.17) is 18.0 Å². The van der Waals surface area contributed by atoms with Crippen molar-refractivity contribution in [3.63, 3.8) is 0 Å². The van der Waals surface area contributed by atoms with E-state index in [-0.39, 0.29) is 5.11 Å². The van der Waals surface area contributed by atoms with Crippen LogP contribution in [0.3, 0.4) is 0 Å². The van der Waals surface area contributed by atoms with Crippen LogP contribution < -0.4 is 11.2 Å². The summed E-state index contributed by atoms with van der Waals surface area (Å²) in [5.41, 5.74) is 9.70. The first-order chi connectivity index (χ1) is 8.75. The van der Waals surface area contributed by atoms with E-state index in [2.05, 4.69) is 20.6 Å². The largest absolute Gasteiger partial charge is 0.375 e. The fraction of sp³-hybridized carbons (Fsp3) is 0.0909. The number of rotatable bonds is 4. The number of nitrogens with two attached hydrogens (primary N) is 1. The SMILES string of the molecule is NC(=S)N/N=C(/Cn1cncn1)c1ccccc1. The second-order valence-corrected chi connectivity index (χ2v) is 3.93. The van der Waals surface area contributed by atoms with Crippen molar-refractivity contribution in [3.05, 3.63) is 48.5 Å². The van der Waals surface area contributed by atoms with Crippen LogP contribution in [-0.4, -0.2) is 25.6 Å². The standard InChI is InChI=1S/C11H12N6S/c12-11(18)16-15-10(6-17-8-13-7-14-17)9-4-2-1-3-5-9/h1-5,7-8H,6H2,(H3,12,16,18)/b15-10-. The molecule has 1 aromatic heterocycles. The molecule has 3 N–H and O–H groups in total. The van der Waals surface area contributed by atoms with Gasteiger partial charge in [0.25, 0.3) is 0 Å². The highest BCUT2D eigenvalue weighted by atomic mass is 32.1. The van der Waals surface area contributed by atoms with Gasteiger partial charge in [0.1, 0.15) is 12.7 Å². The predicted octanol–water partition coefficient (Wildman–Crippen LogP) is 0.516. The van der Waals surface area contributed by atoms with Gasteiger partial charge in [0.2, 0.25) is 0 Å². The van der Waals surface area contributed by atoms with Crippen molar-refractivity contribution in [2.75, 3.05) is 0 Å². The average molecular weight is 260 g/mol. The summed E-state index contributed by atoms with van der Waals surface area (Å²) in [4.78, 5) is 3.89. The Kier molecular flexibility index (Phi) is 3.98. The van der Waals surface area contributed by atoms with E-state index in [9.17, 15) is 0 Å². The number of hydrogen-bond acceptors (Lipinski definition) is 4. The van der Waals surface area contributed by atoms with Crippen LogP contribution in [0.5, 0.6) is 0 Å². The summed E-state index contributed by atoms with van der Waals surface area (Å²) >= 11 is 4.74. The lowest BCUT2D eigenvalue weighted by atomic mass is 10.1. The van der Waals surface area contributed by atoms with Crippen LogP contribution in [0.4, 0.5) is 0 Å². The quantitative estimate of drug-likeness (QED) is 0.476. The minimum absolute atomic E-state index is 0.127. The van der Waals surface area contributed by atoms with E-state index in [0.29, 0.717) is 6.54 Å². The molecule has 2 rings (SSSR count). The fourth-order valence-electron chi connectivity index (χ4n) is 1.41. The molecule has 1 heterocycles. The molecule has 0 aliphatic heterocycles. The van der Waals surface area contributed by atoms with Crippen LogP contribution in [0, 0.1) is 0 Å². The summed E-state index contributed by atoms with van der Waals surface area (Å²) in [7, 11) is 0. The van der Waals surface area contributed by atoms with Gasteiger partial charge in [0, 0.05) is 0 Å². The van der Waals surface area contributed by atoms with Gasteiger partial charge in [-0.25, -0.2) is 9.67 Å². The molecule has 2 aromatic rings. The van der Waals surface area contributed by atoms with Gasteiger partial charge in [-0.05, 0) is 17.8 Å². The molecule has 0 aliphatic rings. The Labute approximate surface area is 110 Å². The van der Waals surface area contributed by atoms with Crippen LogP contribution >= 0.6 is 12.2 Å². The van der Waals surface area contributed by atoms with E-state index in [0.717, 1.165) is 11.3 Å². The predicted molar refractivity (Wildman–Crippen MR) is 72.9 cm³/mol. The molecule has 0 atom stereocenters. The van der Waals surface area contributed by atoms with Gasteiger partial charge < -0.3 is 5.73 Å². The first-order valence-electron chi connectivity index (χ1n) is 5.25. The normalized spacial score (nSPS) is 11.2. The van der Waals surface area contributed by atoms with E-state index in [1.54, 1.807) is 11.0 Å². The first-order valence-corrected chi connectivity index (χ1v) is 5.66. The monoisotopic (exact) mass is 260 g/mol. The second-order valence-electron chi connectivity index (χ2n) is 3.49. The summed E-state index contributed by atoms with van der Waals surface area (Å²) in [6, 6.07) is 9.73. The van der Waals surface area contributed by atoms with Gasteiger partial charge >= 0.3 is 0 Å². The zero-order valence-corrected chi connectivity index (χ0v) is 10.3. The third-order valence-corrected chi connectivity index (χ3v) is 2.28. The molecular formula is C11H12N6S. The van der Waals surface area contributed by atoms with Crippen LogP contribution in [-0.2, 0) is 6.54 Å². The van der Waals surface area contributed by atoms with Crippen molar-refractivity contribution in [1.29, 1.82) is 0 Å². The maximum Gasteiger partial charge on any atom is 0.184 e. The molecule has 0 fully saturated rings. The number of hydrogen-bond donors (Lipinski definition) is 2. The maximum absolute atomic E-state index is 5.37. The Balaban J connectivity index is 2.23. The number of nitrogens with one attached hydrogen (secondary N) is 1. The molecule has 0 aliphatic carbocycles. The van der Waals surface area contributed by atoms with Crippen molar-refractivity contribution in [2.24, 2.45) is 10.8 Å². The molecule has 0 saturated carbocycles. The summed E-state index contributed by atoms with van der Waals surface area (Å²) in [6.45, 7) is 0.486. The minimum atomic E-state index is 0.127. The van der Waals surface area contributed by atoms with Gasteiger partial charge in [-0.3, -0.25) is 5.43 Å². The Hall–Kier alpha value is -2.28. The smallest absolute Gasteiger partial charge is 0.184 e. The topological polar surface area (TPSA) is 81.1 Å². The molecule has 7 heteroatoms. The third kappa shape index (κ3) is 3.36. The number of aromatic nitrogens is 3. The summed E-state index contributed by atoms with van der Waals surface area (Å²) < 4.78 is 1.67. The van der Waals surface area contributed by atoms with Gasteiger partial charge in [0.05, 0.1) is 12.3 Å². The third-order valence-electron chi connectivity index (χ3n) is 2.19. The number of benzene rings is 1. The van der Waals surface area contributed by atoms with Crippen molar-refractivity contribution >= 4 is 23.0 Å². The van der Waals surface area contributed by atoms with Crippen molar-refractivity contribution in [2.45, 2.75) is 6.54 Å². The lowest BCUT2D eigenvalue weighted by molar-refractivity contribution is 0.718. The molecule has 1 aromatic carbocycles. The van der Waals surface area contributed by atoms with E-state index in [1.165, 1.54) is 6.33 Å². The van der Waals surface area contributed by atoms with Crippen LogP contribution in [0.15, 0.2) is 48.1 Å². The lowest BCUT2D eigenvalue weighted by Crippen LogP contribution is -2.27. The zero-order valence-electron chi connectivity index (χ0n) is 9.52. The number of hydrazone groups is 1. The molecule has 92 valence electrons. The van der Waals surface area contributed by atoms with Crippen LogP contribution in [0.2, 0.25) is 0 Å². The molecule has 0 unspecified atom stereocenters. The van der Waals surface area contributed by atoms with E-state index < -0.39 is 0 Å². The van der Waals surface area contributed by atoms with Gasteiger partial charge in [-0.15, -0.1) is 0 Å². The average Bonchev–Trinajstić information content (AvgIpc) is 2.88. The minimum Gasteiger partial charge on any atom is -0.375 e. The van der Waals surface area contributed by atoms with Gasteiger partial charge in [-0.1, -0.05) is 30.3 Å². The maximum atomic E-state index is 5.37. The Morgan fingerprint density at radius 1 is 1.39 bits per heavy atom. The second kappa shape index (κ2) is 5.87. The molecule has 0 radical (unpaired) electrons. The van der Waals surface area contributed by atoms with E-state index in [1.807, 2.05) is 30.3 Å². The van der Waals surface area contributed by atoms with Crippen LogP contribution in [0.1, 0.15) is 5.56 Å². The molecule has 0 saturated heterocycles. The Morgan fingerprint density at radius 3 is 2.78 bits per heavy atom. The molecule has 18 heavy (non-hydrogen) atoms. The molecular weight excluding hydrogens is 248 g/mol. The Morgan fingerprint density at radius 2 is 2.17 bits per heavy atom. The highest BCUT2D eigenvalue weighted by Gasteiger charge is 2.05. The highest BCUT2D eigenvalue weighted by Crippen LogP contribution is 2.02. The first kappa shape index (κ1) is 12.2. The molecule has 0 amide bonds. The van der Waals surface area contributed by atoms with Crippen LogP contribution in [0.25, 0.3) is 0 Å². The van der Waals surface area contributed by atoms with Gasteiger partial charge in [-0.2, -0.15) is 10.2 Å². The van der Waals surface area contributed by atoms with Crippen molar-refractivity contribution in [1.82, 2.24) is 20.2 Å². The van der Waals surface area contributed by atoms with Gasteiger partial charge in [0.15, 0.2) is 5.11 Å². The highest BCUT2D eigenvalue weighted by molar-refractivity contribution is 7.80. The summed E-state index contributed by atoms with van der Waals surface area (Å²) in [5.74, 6) is 0. The Bertz CT molecular complexity index is 534. The number of thiocarbonyl (C=S) groups is 1. The summed E-state index contributed by atoms with van der Waals surface area (Å²) in [5, 5.41) is 8.35. The molecule has 0 spiro atoms. The van der Waals surface area contributed by atoms with Crippen molar-refractivity contribution in [3.8, 4) is 0 Å². The fourth-order valence-corrected chi connectivity index (χ4v) is 1.46. The molecule has 0 bridgehead atoms. The lowest BCUT2D eigenvalue weighted by Gasteiger charge is -2.07. The van der Waals surface area contributed by atoms with Crippen molar-refractivity contribution < 1.29 is 0 Å². The van der Waals surface area contributed by atoms with E-state index >= 15 is 0 Å². The number of nitrogens with zero attached hydrogens (tertiary/aromatic N) is 4. The summed E-state index contributed by atoms with van der Waals surface area (Å²) in [6.07, 6.45) is 3.10.